The summed E-state index contributed by atoms with van der Waals surface area (Å²) in [6.07, 6.45) is 2.60. The van der Waals surface area contributed by atoms with Crippen molar-refractivity contribution >= 4 is 0 Å². The van der Waals surface area contributed by atoms with Crippen molar-refractivity contribution in [3.63, 3.8) is 0 Å². The highest BCUT2D eigenvalue weighted by Gasteiger charge is 2.23. The van der Waals surface area contributed by atoms with Crippen molar-refractivity contribution in [1.29, 1.82) is 0 Å². The molecule has 1 aliphatic heterocycles. The highest BCUT2D eigenvalue weighted by molar-refractivity contribution is 5.37. The molecular weight excluding hydrogens is 233 g/mol. The van der Waals surface area contributed by atoms with Crippen molar-refractivity contribution in [3.05, 3.63) is 29.6 Å². The number of aliphatic hydroxyl groups is 1. The topological polar surface area (TPSA) is 41.5 Å². The van der Waals surface area contributed by atoms with Crippen LogP contribution in [0.5, 0.6) is 5.75 Å². The summed E-state index contributed by atoms with van der Waals surface area (Å²) in [5, 5.41) is 12.1. The van der Waals surface area contributed by atoms with Gasteiger partial charge in [0, 0.05) is 31.2 Å². The van der Waals surface area contributed by atoms with Crippen LogP contribution in [-0.2, 0) is 6.42 Å². The molecule has 0 amide bonds. The molecule has 1 aromatic carbocycles. The van der Waals surface area contributed by atoms with E-state index in [1.807, 2.05) is 0 Å². The highest BCUT2D eigenvalue weighted by atomic mass is 19.1. The number of benzene rings is 1. The SMILES string of the molecule is CC(CCCO)NCC1Cc2cc(F)ccc2O1. The van der Waals surface area contributed by atoms with Crippen LogP contribution in [0, 0.1) is 5.82 Å². The first kappa shape index (κ1) is 13.3. The molecule has 1 heterocycles. The van der Waals surface area contributed by atoms with Gasteiger partial charge in [-0.15, -0.1) is 0 Å². The van der Waals surface area contributed by atoms with E-state index in [1.165, 1.54) is 6.07 Å². The van der Waals surface area contributed by atoms with Crippen molar-refractivity contribution in [2.75, 3.05) is 13.2 Å². The van der Waals surface area contributed by atoms with Crippen LogP contribution < -0.4 is 10.1 Å². The molecule has 0 fully saturated rings. The molecule has 2 unspecified atom stereocenters. The predicted octanol–water partition coefficient (Wildman–Crippen LogP) is 1.88. The molecule has 1 aliphatic rings. The third-order valence-corrected chi connectivity index (χ3v) is 3.25. The minimum atomic E-state index is -0.206. The number of aliphatic hydroxyl groups excluding tert-OH is 1. The summed E-state index contributed by atoms with van der Waals surface area (Å²) in [5.41, 5.74) is 0.949. The Kier molecular flexibility index (Phi) is 4.55. The zero-order valence-electron chi connectivity index (χ0n) is 10.7. The maximum atomic E-state index is 13.0. The first-order valence-corrected chi connectivity index (χ1v) is 6.48. The largest absolute Gasteiger partial charge is 0.488 e. The van der Waals surface area contributed by atoms with Gasteiger partial charge in [0.2, 0.25) is 0 Å². The molecule has 0 aliphatic carbocycles. The van der Waals surface area contributed by atoms with Gasteiger partial charge in [0.15, 0.2) is 0 Å². The summed E-state index contributed by atoms with van der Waals surface area (Å²) in [4.78, 5) is 0. The van der Waals surface area contributed by atoms with E-state index in [0.717, 1.165) is 37.1 Å². The number of fused-ring (bicyclic) bond motifs is 1. The highest BCUT2D eigenvalue weighted by Crippen LogP contribution is 2.28. The van der Waals surface area contributed by atoms with Crippen LogP contribution in [0.25, 0.3) is 0 Å². The van der Waals surface area contributed by atoms with Crippen LogP contribution in [-0.4, -0.2) is 30.4 Å². The number of hydrogen-bond donors (Lipinski definition) is 2. The summed E-state index contributed by atoms with van der Waals surface area (Å²) in [6, 6.07) is 5.03. The summed E-state index contributed by atoms with van der Waals surface area (Å²) < 4.78 is 18.8. The second-order valence-electron chi connectivity index (χ2n) is 4.87. The standard InChI is InChI=1S/C14H20FNO2/c1-10(3-2-6-17)16-9-13-8-11-7-12(15)4-5-14(11)18-13/h4-5,7,10,13,16-17H,2-3,6,8-9H2,1H3. The van der Waals surface area contributed by atoms with E-state index in [1.54, 1.807) is 12.1 Å². The lowest BCUT2D eigenvalue weighted by atomic mass is 10.1. The normalized spacial score (nSPS) is 19.4. The Balaban J connectivity index is 1.77. The summed E-state index contributed by atoms with van der Waals surface area (Å²) in [7, 11) is 0. The summed E-state index contributed by atoms with van der Waals surface area (Å²) in [6.45, 7) is 3.08. The maximum absolute atomic E-state index is 13.0. The van der Waals surface area contributed by atoms with E-state index >= 15 is 0 Å². The van der Waals surface area contributed by atoms with E-state index in [4.69, 9.17) is 9.84 Å². The van der Waals surface area contributed by atoms with Crippen molar-refractivity contribution in [2.45, 2.75) is 38.3 Å². The molecule has 2 atom stereocenters. The molecule has 18 heavy (non-hydrogen) atoms. The van der Waals surface area contributed by atoms with Gasteiger partial charge in [-0.25, -0.2) is 4.39 Å². The van der Waals surface area contributed by atoms with Crippen LogP contribution in [0.1, 0.15) is 25.3 Å². The Bertz CT molecular complexity index is 397. The average Bonchev–Trinajstić information content (AvgIpc) is 2.75. The average molecular weight is 253 g/mol. The van der Waals surface area contributed by atoms with Gasteiger partial charge in [-0.1, -0.05) is 0 Å². The minimum absolute atomic E-state index is 0.0818. The monoisotopic (exact) mass is 253 g/mol. The molecule has 1 aromatic rings. The van der Waals surface area contributed by atoms with E-state index in [2.05, 4.69) is 12.2 Å². The number of nitrogens with one attached hydrogen (secondary N) is 1. The van der Waals surface area contributed by atoms with E-state index in [0.29, 0.717) is 6.04 Å². The second-order valence-corrected chi connectivity index (χ2v) is 4.87. The fourth-order valence-electron chi connectivity index (χ4n) is 2.24. The Morgan fingerprint density at radius 3 is 3.17 bits per heavy atom. The molecule has 3 nitrogen and oxygen atoms in total. The fraction of sp³-hybridized carbons (Fsp3) is 0.571. The van der Waals surface area contributed by atoms with Crippen LogP contribution >= 0.6 is 0 Å². The van der Waals surface area contributed by atoms with Crippen molar-refractivity contribution in [1.82, 2.24) is 5.32 Å². The van der Waals surface area contributed by atoms with E-state index < -0.39 is 0 Å². The van der Waals surface area contributed by atoms with Gasteiger partial charge in [0.05, 0.1) is 0 Å². The van der Waals surface area contributed by atoms with Crippen LogP contribution in [0.2, 0.25) is 0 Å². The number of hydrogen-bond acceptors (Lipinski definition) is 3. The van der Waals surface area contributed by atoms with Gasteiger partial charge < -0.3 is 15.2 Å². The molecule has 2 N–H and O–H groups in total. The van der Waals surface area contributed by atoms with Gasteiger partial charge in [0.25, 0.3) is 0 Å². The molecule has 0 bridgehead atoms. The lowest BCUT2D eigenvalue weighted by molar-refractivity contribution is 0.218. The Morgan fingerprint density at radius 2 is 2.39 bits per heavy atom. The van der Waals surface area contributed by atoms with Gasteiger partial charge in [-0.2, -0.15) is 0 Å². The van der Waals surface area contributed by atoms with Crippen molar-refractivity contribution in [3.8, 4) is 5.75 Å². The summed E-state index contributed by atoms with van der Waals surface area (Å²) >= 11 is 0. The molecule has 2 rings (SSSR count). The molecular formula is C14H20FNO2. The van der Waals surface area contributed by atoms with Crippen LogP contribution in [0.15, 0.2) is 18.2 Å². The van der Waals surface area contributed by atoms with Gasteiger partial charge in [0.1, 0.15) is 17.7 Å². The first-order valence-electron chi connectivity index (χ1n) is 6.48. The maximum Gasteiger partial charge on any atom is 0.123 e. The third-order valence-electron chi connectivity index (χ3n) is 3.25. The quantitative estimate of drug-likeness (QED) is 0.813. The van der Waals surface area contributed by atoms with Gasteiger partial charge in [-0.05, 0) is 38.0 Å². The van der Waals surface area contributed by atoms with Crippen LogP contribution in [0.3, 0.4) is 0 Å². The molecule has 0 radical (unpaired) electrons. The zero-order valence-corrected chi connectivity index (χ0v) is 10.7. The molecule has 100 valence electrons. The van der Waals surface area contributed by atoms with E-state index in [9.17, 15) is 4.39 Å². The second kappa shape index (κ2) is 6.16. The molecule has 0 saturated carbocycles. The first-order chi connectivity index (χ1) is 8.69. The van der Waals surface area contributed by atoms with Crippen LogP contribution in [0.4, 0.5) is 4.39 Å². The minimum Gasteiger partial charge on any atom is -0.488 e. The third kappa shape index (κ3) is 3.43. The molecule has 4 heteroatoms. The van der Waals surface area contributed by atoms with Gasteiger partial charge in [-0.3, -0.25) is 0 Å². The Hall–Kier alpha value is -1.13. The Labute approximate surface area is 107 Å². The van der Waals surface area contributed by atoms with Gasteiger partial charge >= 0.3 is 0 Å². The van der Waals surface area contributed by atoms with E-state index in [-0.39, 0.29) is 18.5 Å². The lowest BCUT2D eigenvalue weighted by Crippen LogP contribution is -2.35. The molecule has 0 saturated heterocycles. The smallest absolute Gasteiger partial charge is 0.123 e. The number of rotatable bonds is 6. The number of ether oxygens (including phenoxy) is 1. The molecule has 0 aromatic heterocycles. The zero-order chi connectivity index (χ0) is 13.0. The predicted molar refractivity (Wildman–Crippen MR) is 68.3 cm³/mol. The van der Waals surface area contributed by atoms with Crippen molar-refractivity contribution < 1.29 is 14.2 Å². The number of halogens is 1. The van der Waals surface area contributed by atoms with Crippen molar-refractivity contribution in [2.24, 2.45) is 0 Å². The summed E-state index contributed by atoms with van der Waals surface area (Å²) in [5.74, 6) is 0.591. The lowest BCUT2D eigenvalue weighted by Gasteiger charge is -2.16. The fourth-order valence-corrected chi connectivity index (χ4v) is 2.24. The molecule has 0 spiro atoms. The Morgan fingerprint density at radius 1 is 1.56 bits per heavy atom.